The maximum Gasteiger partial charge on any atom is 0.150 e. The fourth-order valence-corrected chi connectivity index (χ4v) is 5.03. The van der Waals surface area contributed by atoms with Crippen molar-refractivity contribution in [3.63, 3.8) is 0 Å². The summed E-state index contributed by atoms with van der Waals surface area (Å²) >= 11 is 0. The van der Waals surface area contributed by atoms with Gasteiger partial charge in [0.1, 0.15) is 0 Å². The minimum Gasteiger partial charge on any atom is -0.377 e. The van der Waals surface area contributed by atoms with Gasteiger partial charge in [-0.15, -0.1) is 0 Å². The Morgan fingerprint density at radius 1 is 1.35 bits per heavy atom. The molecule has 0 aromatic carbocycles. The number of hydrogen-bond donors (Lipinski definition) is 1. The summed E-state index contributed by atoms with van der Waals surface area (Å²) in [6, 6.07) is 0.447. The second-order valence-electron chi connectivity index (χ2n) is 7.50. The molecule has 0 amide bonds. The van der Waals surface area contributed by atoms with Crippen LogP contribution < -0.4 is 5.32 Å². The zero-order valence-electron chi connectivity index (χ0n) is 13.2. The average Bonchev–Trinajstić information content (AvgIpc) is 2.66. The van der Waals surface area contributed by atoms with Crippen LogP contribution in [0.4, 0.5) is 0 Å². The molecule has 3 atom stereocenters. The molecule has 2 aliphatic rings. The molecule has 0 aromatic rings. The molecule has 0 spiro atoms. The van der Waals surface area contributed by atoms with Crippen LogP contribution in [-0.4, -0.2) is 45.2 Å². The van der Waals surface area contributed by atoms with Crippen LogP contribution in [0.2, 0.25) is 0 Å². The SMILES string of the molecule is CC(C)COC1CC(NCC2CCS(=O)(=O)C2)C1(C)C. The van der Waals surface area contributed by atoms with Crippen molar-refractivity contribution in [1.29, 1.82) is 0 Å². The number of ether oxygens (including phenoxy) is 1. The topological polar surface area (TPSA) is 55.4 Å². The molecule has 1 aliphatic carbocycles. The molecular weight excluding hydrogens is 274 g/mol. The van der Waals surface area contributed by atoms with Crippen molar-refractivity contribution >= 4 is 9.84 Å². The van der Waals surface area contributed by atoms with Crippen molar-refractivity contribution in [1.82, 2.24) is 5.32 Å². The summed E-state index contributed by atoms with van der Waals surface area (Å²) in [7, 11) is -2.75. The number of nitrogens with one attached hydrogen (secondary N) is 1. The van der Waals surface area contributed by atoms with Crippen molar-refractivity contribution < 1.29 is 13.2 Å². The van der Waals surface area contributed by atoms with E-state index in [1.165, 1.54) is 0 Å². The molecule has 1 saturated carbocycles. The Kier molecular flexibility index (Phi) is 4.82. The van der Waals surface area contributed by atoms with Gasteiger partial charge in [-0.3, -0.25) is 0 Å². The fourth-order valence-electron chi connectivity index (χ4n) is 3.17. The molecule has 2 fully saturated rings. The van der Waals surface area contributed by atoms with Gasteiger partial charge in [0.2, 0.25) is 0 Å². The van der Waals surface area contributed by atoms with E-state index >= 15 is 0 Å². The molecule has 3 unspecified atom stereocenters. The van der Waals surface area contributed by atoms with E-state index in [0.717, 1.165) is 26.0 Å². The van der Waals surface area contributed by atoms with Gasteiger partial charge in [-0.05, 0) is 31.2 Å². The maximum atomic E-state index is 11.4. The fraction of sp³-hybridized carbons (Fsp3) is 1.00. The van der Waals surface area contributed by atoms with Gasteiger partial charge < -0.3 is 10.1 Å². The number of rotatable bonds is 6. The molecule has 5 heteroatoms. The molecule has 4 nitrogen and oxygen atoms in total. The quantitative estimate of drug-likeness (QED) is 0.813. The Bertz CT molecular complexity index is 430. The zero-order chi connectivity index (χ0) is 15.0. The summed E-state index contributed by atoms with van der Waals surface area (Å²) in [5, 5.41) is 3.56. The lowest BCUT2D eigenvalue weighted by molar-refractivity contribution is -0.124. The monoisotopic (exact) mass is 303 g/mol. The van der Waals surface area contributed by atoms with Crippen LogP contribution in [0.3, 0.4) is 0 Å². The van der Waals surface area contributed by atoms with Crippen molar-refractivity contribution in [3.05, 3.63) is 0 Å². The lowest BCUT2D eigenvalue weighted by atomic mass is 9.64. The highest BCUT2D eigenvalue weighted by atomic mass is 32.2. The molecule has 1 aliphatic heterocycles. The average molecular weight is 303 g/mol. The van der Waals surface area contributed by atoms with Gasteiger partial charge in [-0.2, -0.15) is 0 Å². The molecule has 1 N–H and O–H groups in total. The highest BCUT2D eigenvalue weighted by molar-refractivity contribution is 7.91. The van der Waals surface area contributed by atoms with Gasteiger partial charge in [0.05, 0.1) is 17.6 Å². The van der Waals surface area contributed by atoms with Crippen LogP contribution in [0.1, 0.15) is 40.5 Å². The van der Waals surface area contributed by atoms with Gasteiger partial charge >= 0.3 is 0 Å². The van der Waals surface area contributed by atoms with E-state index in [1.807, 2.05) is 0 Å². The highest BCUT2D eigenvalue weighted by Gasteiger charge is 2.49. The van der Waals surface area contributed by atoms with Crippen molar-refractivity contribution in [3.8, 4) is 0 Å². The molecule has 0 radical (unpaired) electrons. The minimum absolute atomic E-state index is 0.145. The zero-order valence-corrected chi connectivity index (χ0v) is 14.0. The summed E-state index contributed by atoms with van der Waals surface area (Å²) in [5.74, 6) is 1.60. The smallest absolute Gasteiger partial charge is 0.150 e. The third kappa shape index (κ3) is 3.74. The van der Waals surface area contributed by atoms with E-state index in [4.69, 9.17) is 4.74 Å². The van der Waals surface area contributed by atoms with Crippen LogP contribution in [0.5, 0.6) is 0 Å². The Labute approximate surface area is 123 Å². The van der Waals surface area contributed by atoms with Crippen LogP contribution in [0.25, 0.3) is 0 Å². The highest BCUT2D eigenvalue weighted by Crippen LogP contribution is 2.43. The number of sulfone groups is 1. The summed E-state index contributed by atoms with van der Waals surface area (Å²) in [5.41, 5.74) is 0.145. The molecule has 1 saturated heterocycles. The normalized spacial score (nSPS) is 35.1. The first-order chi connectivity index (χ1) is 9.21. The molecular formula is C15H29NO3S. The van der Waals surface area contributed by atoms with E-state index in [0.29, 0.717) is 35.5 Å². The first-order valence-electron chi connectivity index (χ1n) is 7.76. The van der Waals surface area contributed by atoms with Crippen molar-refractivity contribution in [2.24, 2.45) is 17.3 Å². The summed E-state index contributed by atoms with van der Waals surface area (Å²) in [6.07, 6.45) is 2.18. The predicted octanol–water partition coefficient (Wildman–Crippen LogP) is 1.85. The van der Waals surface area contributed by atoms with Gasteiger partial charge in [0.15, 0.2) is 9.84 Å². The van der Waals surface area contributed by atoms with Crippen LogP contribution in [0, 0.1) is 17.3 Å². The van der Waals surface area contributed by atoms with E-state index in [2.05, 4.69) is 33.0 Å². The van der Waals surface area contributed by atoms with Crippen LogP contribution >= 0.6 is 0 Å². The molecule has 0 bridgehead atoms. The molecule has 20 heavy (non-hydrogen) atoms. The van der Waals surface area contributed by atoms with Gasteiger partial charge in [0.25, 0.3) is 0 Å². The third-order valence-electron chi connectivity index (χ3n) is 4.79. The van der Waals surface area contributed by atoms with Gasteiger partial charge in [-0.25, -0.2) is 8.42 Å². The second kappa shape index (κ2) is 5.93. The molecule has 1 heterocycles. The minimum atomic E-state index is -2.75. The summed E-state index contributed by atoms with van der Waals surface area (Å²) in [6.45, 7) is 10.5. The Hall–Kier alpha value is -0.130. The lowest BCUT2D eigenvalue weighted by Gasteiger charge is -2.52. The van der Waals surface area contributed by atoms with E-state index in [1.54, 1.807) is 0 Å². The van der Waals surface area contributed by atoms with Crippen LogP contribution in [-0.2, 0) is 14.6 Å². The summed E-state index contributed by atoms with van der Waals surface area (Å²) in [4.78, 5) is 0. The Balaban J connectivity index is 1.73. The second-order valence-corrected chi connectivity index (χ2v) is 9.73. The van der Waals surface area contributed by atoms with Crippen LogP contribution in [0.15, 0.2) is 0 Å². The molecule has 2 rings (SSSR count). The first kappa shape index (κ1) is 16.2. The molecule has 118 valence electrons. The van der Waals surface area contributed by atoms with E-state index < -0.39 is 9.84 Å². The number of hydrogen-bond acceptors (Lipinski definition) is 4. The summed E-state index contributed by atoms with van der Waals surface area (Å²) < 4.78 is 28.9. The van der Waals surface area contributed by atoms with Crippen molar-refractivity contribution in [2.75, 3.05) is 24.7 Å². The Morgan fingerprint density at radius 2 is 2.05 bits per heavy atom. The third-order valence-corrected chi connectivity index (χ3v) is 6.63. The largest absolute Gasteiger partial charge is 0.377 e. The van der Waals surface area contributed by atoms with E-state index in [-0.39, 0.29) is 5.41 Å². The Morgan fingerprint density at radius 3 is 2.55 bits per heavy atom. The lowest BCUT2D eigenvalue weighted by Crippen LogP contribution is -2.61. The standard InChI is InChI=1S/C15H29NO3S/c1-11(2)9-19-14-7-13(15(14,3)4)16-8-12-5-6-20(17,18)10-12/h11-14,16H,5-10H2,1-4H3. The van der Waals surface area contributed by atoms with Crippen molar-refractivity contribution in [2.45, 2.75) is 52.7 Å². The maximum absolute atomic E-state index is 11.4. The first-order valence-corrected chi connectivity index (χ1v) is 9.58. The molecule has 0 aromatic heterocycles. The van der Waals surface area contributed by atoms with Gasteiger partial charge in [-0.1, -0.05) is 27.7 Å². The predicted molar refractivity (Wildman–Crippen MR) is 81.5 cm³/mol. The van der Waals surface area contributed by atoms with Gasteiger partial charge in [0, 0.05) is 18.1 Å². The van der Waals surface area contributed by atoms with E-state index in [9.17, 15) is 8.42 Å².